The fourth-order valence-electron chi connectivity index (χ4n) is 2.08. The third kappa shape index (κ3) is 9.12. The van der Waals surface area contributed by atoms with Gasteiger partial charge in [-0.1, -0.05) is 13.8 Å². The highest BCUT2D eigenvalue weighted by molar-refractivity contribution is 5.79. The van der Waals surface area contributed by atoms with Gasteiger partial charge in [0.1, 0.15) is 0 Å². The van der Waals surface area contributed by atoms with Crippen LogP contribution in [0.2, 0.25) is 0 Å². The lowest BCUT2D eigenvalue weighted by Crippen LogP contribution is -2.47. The van der Waals surface area contributed by atoms with Crippen molar-refractivity contribution in [2.24, 2.45) is 10.8 Å². The largest absolute Gasteiger partial charge is 0.383 e. The normalized spacial score (nSPS) is 15.2. The zero-order chi connectivity index (χ0) is 15.4. The van der Waals surface area contributed by atoms with E-state index in [2.05, 4.69) is 41.4 Å². The first-order chi connectivity index (χ1) is 9.57. The van der Waals surface area contributed by atoms with Gasteiger partial charge in [0.2, 0.25) is 5.96 Å². The van der Waals surface area contributed by atoms with E-state index in [0.29, 0.717) is 12.6 Å². The molecule has 0 saturated carbocycles. The molecule has 0 bridgehead atoms. The van der Waals surface area contributed by atoms with Crippen molar-refractivity contribution >= 4 is 5.96 Å². The molecule has 0 aliphatic heterocycles. The van der Waals surface area contributed by atoms with E-state index in [-0.39, 0.29) is 12.1 Å². The zero-order valence-corrected chi connectivity index (χ0v) is 13.8. The Bertz CT molecular complexity index is 256. The van der Waals surface area contributed by atoms with E-state index in [1.54, 1.807) is 7.11 Å². The van der Waals surface area contributed by atoms with E-state index >= 15 is 0 Å². The molecule has 0 aromatic carbocycles. The Balaban J connectivity index is 4.10. The summed E-state index contributed by atoms with van der Waals surface area (Å²) in [6, 6.07) is 0.427. The second-order valence-corrected chi connectivity index (χ2v) is 5.14. The van der Waals surface area contributed by atoms with E-state index in [1.807, 2.05) is 6.92 Å². The quantitative estimate of drug-likeness (QED) is 0.241. The SMILES string of the molecule is CCN(CC)CCCC(C)N=C(NN)NC(C)COC. The van der Waals surface area contributed by atoms with Crippen molar-refractivity contribution in [3.05, 3.63) is 0 Å². The third-order valence-corrected chi connectivity index (χ3v) is 3.28. The van der Waals surface area contributed by atoms with Crippen LogP contribution < -0.4 is 16.6 Å². The summed E-state index contributed by atoms with van der Waals surface area (Å²) in [5.74, 6) is 6.12. The van der Waals surface area contributed by atoms with Gasteiger partial charge in [-0.2, -0.15) is 0 Å². The van der Waals surface area contributed by atoms with Gasteiger partial charge in [-0.25, -0.2) is 10.8 Å². The molecule has 0 spiro atoms. The Labute approximate surface area is 124 Å². The molecule has 0 radical (unpaired) electrons. The van der Waals surface area contributed by atoms with Crippen LogP contribution in [0.15, 0.2) is 4.99 Å². The van der Waals surface area contributed by atoms with Crippen LogP contribution in [0.1, 0.15) is 40.5 Å². The zero-order valence-electron chi connectivity index (χ0n) is 13.8. The number of hydrogen-bond acceptors (Lipinski definition) is 4. The summed E-state index contributed by atoms with van der Waals surface area (Å²) in [4.78, 5) is 6.99. The maximum absolute atomic E-state index is 5.49. The molecule has 0 aromatic heterocycles. The first-order valence-corrected chi connectivity index (χ1v) is 7.59. The van der Waals surface area contributed by atoms with Crippen molar-refractivity contribution in [2.45, 2.75) is 52.6 Å². The number of nitrogens with zero attached hydrogens (tertiary/aromatic N) is 2. The summed E-state index contributed by atoms with van der Waals surface area (Å²) >= 11 is 0. The molecule has 120 valence electrons. The number of hydrazine groups is 1. The summed E-state index contributed by atoms with van der Waals surface area (Å²) in [6.45, 7) is 12.5. The van der Waals surface area contributed by atoms with Gasteiger partial charge in [-0.05, 0) is 46.3 Å². The van der Waals surface area contributed by atoms with Crippen LogP contribution in [0.3, 0.4) is 0 Å². The second-order valence-electron chi connectivity index (χ2n) is 5.14. The predicted molar refractivity (Wildman–Crippen MR) is 85.7 cm³/mol. The van der Waals surface area contributed by atoms with Crippen molar-refractivity contribution < 1.29 is 4.74 Å². The van der Waals surface area contributed by atoms with E-state index in [0.717, 1.165) is 32.5 Å². The van der Waals surface area contributed by atoms with E-state index in [9.17, 15) is 0 Å². The van der Waals surface area contributed by atoms with E-state index in [1.165, 1.54) is 0 Å². The molecule has 0 saturated heterocycles. The van der Waals surface area contributed by atoms with Crippen LogP contribution in [0.25, 0.3) is 0 Å². The summed E-state index contributed by atoms with van der Waals surface area (Å²) < 4.78 is 5.08. The first kappa shape index (κ1) is 19.1. The van der Waals surface area contributed by atoms with E-state index < -0.39 is 0 Å². The Morgan fingerprint density at radius 1 is 1.30 bits per heavy atom. The van der Waals surface area contributed by atoms with Crippen molar-refractivity contribution in [1.82, 2.24) is 15.6 Å². The van der Waals surface area contributed by atoms with Crippen LogP contribution in [0.5, 0.6) is 0 Å². The molecular formula is C14H33N5O. The molecule has 2 atom stereocenters. The molecule has 0 amide bonds. The average molecular weight is 287 g/mol. The maximum Gasteiger partial charge on any atom is 0.206 e. The summed E-state index contributed by atoms with van der Waals surface area (Å²) in [5.41, 5.74) is 2.62. The first-order valence-electron chi connectivity index (χ1n) is 7.59. The van der Waals surface area contributed by atoms with Gasteiger partial charge in [0.25, 0.3) is 0 Å². The molecule has 0 heterocycles. The maximum atomic E-state index is 5.49. The van der Waals surface area contributed by atoms with E-state index in [4.69, 9.17) is 10.6 Å². The number of ether oxygens (including phenoxy) is 1. The Morgan fingerprint density at radius 2 is 1.95 bits per heavy atom. The number of hydrogen-bond donors (Lipinski definition) is 3. The Morgan fingerprint density at radius 3 is 2.45 bits per heavy atom. The van der Waals surface area contributed by atoms with Gasteiger partial charge in [-0.3, -0.25) is 5.43 Å². The highest BCUT2D eigenvalue weighted by atomic mass is 16.5. The summed E-state index contributed by atoms with van der Waals surface area (Å²) in [6.07, 6.45) is 2.21. The average Bonchev–Trinajstić information content (AvgIpc) is 2.43. The van der Waals surface area contributed by atoms with Gasteiger partial charge in [0.15, 0.2) is 0 Å². The van der Waals surface area contributed by atoms with Crippen LogP contribution in [0, 0.1) is 0 Å². The van der Waals surface area contributed by atoms with Crippen LogP contribution in [-0.2, 0) is 4.74 Å². The minimum absolute atomic E-state index is 0.178. The third-order valence-electron chi connectivity index (χ3n) is 3.28. The van der Waals surface area contributed by atoms with Crippen LogP contribution in [0.4, 0.5) is 0 Å². The van der Waals surface area contributed by atoms with Gasteiger partial charge >= 0.3 is 0 Å². The second kappa shape index (κ2) is 11.9. The molecule has 0 aliphatic rings. The van der Waals surface area contributed by atoms with Crippen molar-refractivity contribution in [3.8, 4) is 0 Å². The van der Waals surface area contributed by atoms with Gasteiger partial charge in [0.05, 0.1) is 12.6 Å². The number of aliphatic imine (C=N–C) groups is 1. The van der Waals surface area contributed by atoms with Gasteiger partial charge < -0.3 is 15.0 Å². The molecule has 20 heavy (non-hydrogen) atoms. The van der Waals surface area contributed by atoms with Crippen molar-refractivity contribution in [2.75, 3.05) is 33.4 Å². The number of methoxy groups -OCH3 is 1. The highest BCUT2D eigenvalue weighted by Crippen LogP contribution is 2.03. The molecular weight excluding hydrogens is 254 g/mol. The van der Waals surface area contributed by atoms with Crippen LogP contribution >= 0.6 is 0 Å². The molecule has 0 fully saturated rings. The topological polar surface area (TPSA) is 74.9 Å². The fraction of sp³-hybridized carbons (Fsp3) is 0.929. The lowest BCUT2D eigenvalue weighted by atomic mass is 10.2. The molecule has 0 aliphatic carbocycles. The molecule has 6 heteroatoms. The molecule has 6 nitrogen and oxygen atoms in total. The minimum Gasteiger partial charge on any atom is -0.383 e. The lowest BCUT2D eigenvalue weighted by molar-refractivity contribution is 0.179. The Kier molecular flexibility index (Phi) is 11.4. The minimum atomic E-state index is 0.178. The number of nitrogens with two attached hydrogens (primary N) is 1. The lowest BCUT2D eigenvalue weighted by Gasteiger charge is -2.19. The number of nitrogens with one attached hydrogen (secondary N) is 2. The Hall–Kier alpha value is -0.850. The number of guanidine groups is 1. The standard InChI is InChI=1S/C14H33N5O/c1-6-19(7-2)10-8-9-12(3)16-14(18-15)17-13(4)11-20-5/h12-13H,6-11,15H2,1-5H3,(H2,16,17,18). The fourth-order valence-corrected chi connectivity index (χ4v) is 2.08. The predicted octanol–water partition coefficient (Wildman–Crippen LogP) is 0.941. The van der Waals surface area contributed by atoms with Gasteiger partial charge in [0, 0.05) is 13.2 Å². The van der Waals surface area contributed by atoms with Crippen LogP contribution in [-0.4, -0.2) is 56.3 Å². The molecule has 0 rings (SSSR count). The number of rotatable bonds is 10. The van der Waals surface area contributed by atoms with Crippen molar-refractivity contribution in [3.63, 3.8) is 0 Å². The van der Waals surface area contributed by atoms with Gasteiger partial charge in [-0.15, -0.1) is 0 Å². The smallest absolute Gasteiger partial charge is 0.206 e. The summed E-state index contributed by atoms with van der Waals surface area (Å²) in [5, 5.41) is 3.20. The summed E-state index contributed by atoms with van der Waals surface area (Å²) in [7, 11) is 1.68. The highest BCUT2D eigenvalue weighted by Gasteiger charge is 2.07. The van der Waals surface area contributed by atoms with Crippen molar-refractivity contribution in [1.29, 1.82) is 0 Å². The monoisotopic (exact) mass is 287 g/mol. The molecule has 2 unspecified atom stereocenters. The molecule has 0 aromatic rings. The molecule has 4 N–H and O–H groups in total.